The summed E-state index contributed by atoms with van der Waals surface area (Å²) in [7, 11) is 2.09. The molecule has 1 aliphatic heterocycles. The van der Waals surface area contributed by atoms with Crippen molar-refractivity contribution in [2.75, 3.05) is 17.7 Å². The Morgan fingerprint density at radius 1 is 0.919 bits per heavy atom. The van der Waals surface area contributed by atoms with Crippen molar-refractivity contribution < 1.29 is 4.79 Å². The lowest BCUT2D eigenvalue weighted by atomic mass is 9.98. The third kappa shape index (κ3) is 5.57. The quantitative estimate of drug-likeness (QED) is 0.272. The lowest BCUT2D eigenvalue weighted by molar-refractivity contribution is -0.110. The molecule has 1 heterocycles. The first-order valence-electron chi connectivity index (χ1n) is 11.9. The Morgan fingerprint density at radius 2 is 1.57 bits per heavy atom. The van der Waals surface area contributed by atoms with Gasteiger partial charge in [-0.05, 0) is 66.2 Å². The Morgan fingerprint density at radius 3 is 2.22 bits per heavy atom. The van der Waals surface area contributed by atoms with E-state index in [2.05, 4.69) is 40.8 Å². The normalized spacial score (nSPS) is 13.6. The summed E-state index contributed by atoms with van der Waals surface area (Å²) in [5.41, 5.74) is 7.28. The maximum Gasteiger partial charge on any atom is 0.258 e. The molecule has 5 nitrogen and oxygen atoms in total. The molecule has 1 aliphatic rings. The molecular weight excluding hydrogens is 480 g/mol. The Balaban J connectivity index is 1.41. The Bertz CT molecular complexity index is 1500. The molecule has 0 unspecified atom stereocenters. The van der Waals surface area contributed by atoms with Crippen LogP contribution in [0.3, 0.4) is 0 Å². The van der Waals surface area contributed by atoms with E-state index in [4.69, 9.17) is 11.6 Å². The van der Waals surface area contributed by atoms with Gasteiger partial charge < -0.3 is 10.6 Å². The van der Waals surface area contributed by atoms with E-state index in [0.717, 1.165) is 34.9 Å². The fourth-order valence-electron chi connectivity index (χ4n) is 4.48. The van der Waals surface area contributed by atoms with E-state index in [1.54, 1.807) is 18.2 Å². The number of anilines is 2. The highest BCUT2D eigenvalue weighted by molar-refractivity contribution is 6.37. The van der Waals surface area contributed by atoms with Crippen molar-refractivity contribution in [3.05, 3.63) is 130 Å². The summed E-state index contributed by atoms with van der Waals surface area (Å²) in [6.45, 7) is 1.61. The third-order valence-corrected chi connectivity index (χ3v) is 6.50. The molecule has 0 radical (unpaired) electrons. The monoisotopic (exact) mass is 504 g/mol. The Labute approximate surface area is 221 Å². The maximum absolute atomic E-state index is 13.1. The van der Waals surface area contributed by atoms with E-state index in [9.17, 15) is 10.1 Å². The molecule has 4 aromatic rings. The molecule has 1 amide bonds. The molecule has 0 aromatic heterocycles. The van der Waals surface area contributed by atoms with Crippen LogP contribution in [0.5, 0.6) is 0 Å². The average Bonchev–Trinajstić information content (AvgIpc) is 3.24. The highest BCUT2D eigenvalue weighted by Gasteiger charge is 2.28. The van der Waals surface area contributed by atoms with Crippen molar-refractivity contribution in [1.29, 1.82) is 5.26 Å². The van der Waals surface area contributed by atoms with Gasteiger partial charge in [-0.2, -0.15) is 5.26 Å². The fourth-order valence-corrected chi connectivity index (χ4v) is 4.60. The SMILES string of the molecule is CN(Cc1ccc(Cl)cc1)Cc1ccc(N/C(=C2\C(=O)Nc3ccc(C#N)cc32)c2ccccc2)cc1. The molecule has 182 valence electrons. The van der Waals surface area contributed by atoms with Crippen LogP contribution in [0.1, 0.15) is 27.8 Å². The topological polar surface area (TPSA) is 68.2 Å². The molecular formula is C31H25ClN4O. The summed E-state index contributed by atoms with van der Waals surface area (Å²) < 4.78 is 0. The second kappa shape index (κ2) is 10.7. The van der Waals surface area contributed by atoms with Crippen LogP contribution in [-0.2, 0) is 17.9 Å². The largest absolute Gasteiger partial charge is 0.354 e. The summed E-state index contributed by atoms with van der Waals surface area (Å²) in [5.74, 6) is -0.197. The van der Waals surface area contributed by atoms with E-state index >= 15 is 0 Å². The average molecular weight is 505 g/mol. The number of carbonyl (C=O) groups excluding carboxylic acids is 1. The minimum atomic E-state index is -0.197. The molecule has 0 fully saturated rings. The van der Waals surface area contributed by atoms with Gasteiger partial charge in [0.15, 0.2) is 0 Å². The van der Waals surface area contributed by atoms with Gasteiger partial charge in [0.2, 0.25) is 0 Å². The van der Waals surface area contributed by atoms with Crippen LogP contribution in [0.15, 0.2) is 97.1 Å². The van der Waals surface area contributed by atoms with Gasteiger partial charge in [-0.15, -0.1) is 0 Å². The zero-order valence-electron chi connectivity index (χ0n) is 20.3. The van der Waals surface area contributed by atoms with E-state index in [1.165, 1.54) is 11.1 Å². The molecule has 0 saturated carbocycles. The molecule has 6 heteroatoms. The number of hydrogen-bond acceptors (Lipinski definition) is 4. The van der Waals surface area contributed by atoms with Crippen molar-refractivity contribution >= 4 is 40.2 Å². The number of rotatable bonds is 7. The summed E-state index contributed by atoms with van der Waals surface area (Å²) in [5, 5.41) is 16.5. The number of fused-ring (bicyclic) bond motifs is 1. The number of nitriles is 1. The van der Waals surface area contributed by atoms with Crippen LogP contribution >= 0.6 is 11.6 Å². The van der Waals surface area contributed by atoms with Gasteiger partial charge in [0, 0.05) is 35.1 Å². The van der Waals surface area contributed by atoms with E-state index in [0.29, 0.717) is 22.5 Å². The summed E-state index contributed by atoms with van der Waals surface area (Å²) in [6, 6.07) is 33.3. The van der Waals surface area contributed by atoms with Crippen LogP contribution in [-0.4, -0.2) is 17.9 Å². The first-order chi connectivity index (χ1) is 18.0. The van der Waals surface area contributed by atoms with Gasteiger partial charge in [0.1, 0.15) is 0 Å². The van der Waals surface area contributed by atoms with Crippen molar-refractivity contribution in [3.8, 4) is 6.07 Å². The van der Waals surface area contributed by atoms with Gasteiger partial charge >= 0.3 is 0 Å². The van der Waals surface area contributed by atoms with Gasteiger partial charge in [0.25, 0.3) is 5.91 Å². The molecule has 5 rings (SSSR count). The smallest absolute Gasteiger partial charge is 0.258 e. The number of hydrogen-bond donors (Lipinski definition) is 2. The van der Waals surface area contributed by atoms with E-state index < -0.39 is 0 Å². The van der Waals surface area contributed by atoms with Gasteiger partial charge in [0.05, 0.1) is 22.9 Å². The van der Waals surface area contributed by atoms with Crippen LogP contribution < -0.4 is 10.6 Å². The number of carbonyl (C=O) groups is 1. The second-order valence-electron chi connectivity index (χ2n) is 9.06. The van der Waals surface area contributed by atoms with Crippen LogP contribution in [0, 0.1) is 11.3 Å². The van der Waals surface area contributed by atoms with Crippen molar-refractivity contribution in [1.82, 2.24) is 4.90 Å². The molecule has 0 aliphatic carbocycles. The van der Waals surface area contributed by atoms with Gasteiger partial charge in [-0.1, -0.05) is 66.2 Å². The fraction of sp³-hybridized carbons (Fsp3) is 0.0968. The highest BCUT2D eigenvalue weighted by Crippen LogP contribution is 2.38. The number of nitrogens with zero attached hydrogens (tertiary/aromatic N) is 2. The molecule has 4 aromatic carbocycles. The van der Waals surface area contributed by atoms with Gasteiger partial charge in [-0.25, -0.2) is 0 Å². The lowest BCUT2D eigenvalue weighted by Crippen LogP contribution is -2.17. The number of nitrogens with one attached hydrogen (secondary N) is 2. The summed E-state index contributed by atoms with van der Waals surface area (Å²) >= 11 is 6.00. The van der Waals surface area contributed by atoms with Crippen LogP contribution in [0.4, 0.5) is 11.4 Å². The molecule has 37 heavy (non-hydrogen) atoms. The number of amides is 1. The van der Waals surface area contributed by atoms with Crippen LogP contribution in [0.25, 0.3) is 11.3 Å². The van der Waals surface area contributed by atoms with Crippen molar-refractivity contribution in [2.45, 2.75) is 13.1 Å². The summed E-state index contributed by atoms with van der Waals surface area (Å²) in [4.78, 5) is 15.3. The Kier molecular flexibility index (Phi) is 7.04. The predicted octanol–water partition coefficient (Wildman–Crippen LogP) is 6.78. The lowest BCUT2D eigenvalue weighted by Gasteiger charge is -2.18. The first kappa shape index (κ1) is 24.3. The number of benzene rings is 4. The zero-order chi connectivity index (χ0) is 25.8. The maximum atomic E-state index is 13.1. The minimum Gasteiger partial charge on any atom is -0.354 e. The molecule has 0 saturated heterocycles. The molecule has 0 atom stereocenters. The second-order valence-corrected chi connectivity index (χ2v) is 9.50. The molecule has 2 N–H and O–H groups in total. The van der Waals surface area contributed by atoms with Crippen molar-refractivity contribution in [2.24, 2.45) is 0 Å². The van der Waals surface area contributed by atoms with E-state index in [-0.39, 0.29) is 5.91 Å². The van der Waals surface area contributed by atoms with E-state index in [1.807, 2.05) is 66.7 Å². The standard InChI is InChI=1S/C31H25ClN4O/c1-36(19-21-7-12-25(32)13-8-21)20-22-9-14-26(15-10-22)34-30(24-5-3-2-4-6-24)29-27-17-23(18-33)11-16-28(27)35-31(29)37/h2-17,34H,19-20H2,1H3,(H,35,37)/b30-29-. The highest BCUT2D eigenvalue weighted by atomic mass is 35.5. The summed E-state index contributed by atoms with van der Waals surface area (Å²) in [6.07, 6.45) is 0. The first-order valence-corrected chi connectivity index (χ1v) is 12.3. The zero-order valence-corrected chi connectivity index (χ0v) is 21.1. The number of halogens is 1. The van der Waals surface area contributed by atoms with Crippen LogP contribution in [0.2, 0.25) is 5.02 Å². The minimum absolute atomic E-state index is 0.197. The third-order valence-electron chi connectivity index (χ3n) is 6.25. The van der Waals surface area contributed by atoms with Gasteiger partial charge in [-0.3, -0.25) is 9.69 Å². The molecule has 0 bridgehead atoms. The molecule has 0 spiro atoms. The predicted molar refractivity (Wildman–Crippen MR) is 150 cm³/mol. The van der Waals surface area contributed by atoms with Crippen molar-refractivity contribution in [3.63, 3.8) is 0 Å². The Hall–Kier alpha value is -4.37.